The van der Waals surface area contributed by atoms with Gasteiger partial charge in [0.15, 0.2) is 11.5 Å². The van der Waals surface area contributed by atoms with Crippen LogP contribution in [0.3, 0.4) is 0 Å². The van der Waals surface area contributed by atoms with Crippen LogP contribution >= 0.6 is 0 Å². The zero-order chi connectivity index (χ0) is 24.2. The van der Waals surface area contributed by atoms with Crippen molar-refractivity contribution in [3.63, 3.8) is 0 Å². The van der Waals surface area contributed by atoms with Gasteiger partial charge in [0.2, 0.25) is 0 Å². The number of rotatable bonds is 7. The maximum absolute atomic E-state index is 13.4. The Morgan fingerprint density at radius 2 is 1.62 bits per heavy atom. The minimum Gasteiger partial charge on any atom is -0.507 e. The highest BCUT2D eigenvalue weighted by molar-refractivity contribution is 6.46. The summed E-state index contributed by atoms with van der Waals surface area (Å²) in [5.41, 5.74) is 1.83. The SMILES string of the molecule is COc1ccc(CCN2C(=O)C(=O)C(=C(O)c3ccc(F)cc3)[C@@H]2c2ccccc2)cc1OC. The number of halogens is 1. The van der Waals surface area contributed by atoms with E-state index in [0.717, 1.165) is 5.56 Å². The van der Waals surface area contributed by atoms with E-state index in [1.54, 1.807) is 32.4 Å². The topological polar surface area (TPSA) is 76.1 Å². The minimum atomic E-state index is -0.775. The van der Waals surface area contributed by atoms with Gasteiger partial charge in [-0.3, -0.25) is 9.59 Å². The number of benzene rings is 3. The van der Waals surface area contributed by atoms with E-state index in [4.69, 9.17) is 9.47 Å². The third-order valence-corrected chi connectivity index (χ3v) is 5.86. The van der Waals surface area contributed by atoms with E-state index in [2.05, 4.69) is 0 Å². The summed E-state index contributed by atoms with van der Waals surface area (Å²) in [5, 5.41) is 11.0. The van der Waals surface area contributed by atoms with Crippen LogP contribution in [-0.4, -0.2) is 42.5 Å². The Balaban J connectivity index is 1.72. The normalized spacial score (nSPS) is 17.1. The van der Waals surface area contributed by atoms with Gasteiger partial charge in [0.1, 0.15) is 11.6 Å². The predicted octanol–water partition coefficient (Wildman–Crippen LogP) is 4.51. The van der Waals surface area contributed by atoms with Crippen molar-refractivity contribution in [1.29, 1.82) is 0 Å². The maximum Gasteiger partial charge on any atom is 0.295 e. The third kappa shape index (κ3) is 4.37. The lowest BCUT2D eigenvalue weighted by molar-refractivity contribution is -0.139. The lowest BCUT2D eigenvalue weighted by Gasteiger charge is -2.25. The van der Waals surface area contributed by atoms with Crippen molar-refractivity contribution in [2.75, 3.05) is 20.8 Å². The van der Waals surface area contributed by atoms with E-state index in [9.17, 15) is 19.1 Å². The maximum atomic E-state index is 13.4. The van der Waals surface area contributed by atoms with Crippen molar-refractivity contribution in [3.05, 3.63) is 101 Å². The number of ether oxygens (including phenoxy) is 2. The molecule has 0 aliphatic carbocycles. The molecule has 174 valence electrons. The molecular formula is C27H24FNO5. The molecule has 1 N–H and O–H groups in total. The number of methoxy groups -OCH3 is 2. The molecule has 6 nitrogen and oxygen atoms in total. The van der Waals surface area contributed by atoms with Crippen molar-refractivity contribution in [2.45, 2.75) is 12.5 Å². The largest absolute Gasteiger partial charge is 0.507 e. The monoisotopic (exact) mass is 461 g/mol. The van der Waals surface area contributed by atoms with E-state index in [1.165, 1.54) is 29.2 Å². The zero-order valence-corrected chi connectivity index (χ0v) is 18.8. The molecule has 1 atom stereocenters. The molecule has 0 bridgehead atoms. The van der Waals surface area contributed by atoms with Crippen LogP contribution in [0, 0.1) is 5.82 Å². The van der Waals surface area contributed by atoms with Gasteiger partial charge >= 0.3 is 0 Å². The molecule has 4 rings (SSSR count). The van der Waals surface area contributed by atoms with Crippen molar-refractivity contribution >= 4 is 17.4 Å². The minimum absolute atomic E-state index is 0.0184. The fourth-order valence-electron chi connectivity index (χ4n) is 4.14. The van der Waals surface area contributed by atoms with Crippen molar-refractivity contribution in [1.82, 2.24) is 4.90 Å². The van der Waals surface area contributed by atoms with Gasteiger partial charge < -0.3 is 19.5 Å². The first-order valence-corrected chi connectivity index (χ1v) is 10.7. The molecule has 1 aliphatic heterocycles. The van der Waals surface area contributed by atoms with Crippen LogP contribution in [0.15, 0.2) is 78.4 Å². The highest BCUT2D eigenvalue weighted by Crippen LogP contribution is 2.39. The zero-order valence-electron chi connectivity index (χ0n) is 18.8. The number of aliphatic hydroxyl groups is 1. The number of nitrogens with zero attached hydrogens (tertiary/aromatic N) is 1. The van der Waals surface area contributed by atoms with Crippen LogP contribution < -0.4 is 9.47 Å². The first-order chi connectivity index (χ1) is 16.4. The second kappa shape index (κ2) is 9.79. The summed E-state index contributed by atoms with van der Waals surface area (Å²) in [6.07, 6.45) is 0.452. The molecule has 1 amide bonds. The van der Waals surface area contributed by atoms with E-state index in [1.807, 2.05) is 30.3 Å². The fraction of sp³-hybridized carbons (Fsp3) is 0.185. The molecule has 1 aliphatic rings. The molecule has 3 aromatic carbocycles. The van der Waals surface area contributed by atoms with Crippen LogP contribution in [0.1, 0.15) is 22.7 Å². The van der Waals surface area contributed by atoms with Crippen LogP contribution in [0.25, 0.3) is 5.76 Å². The Labute approximate surface area is 196 Å². The van der Waals surface area contributed by atoms with E-state index < -0.39 is 23.5 Å². The fourth-order valence-corrected chi connectivity index (χ4v) is 4.14. The Hall–Kier alpha value is -4.13. The summed E-state index contributed by atoms with van der Waals surface area (Å²) >= 11 is 0. The van der Waals surface area contributed by atoms with Crippen LogP contribution in [0.5, 0.6) is 11.5 Å². The standard InChI is InChI=1S/C27H24FNO5/c1-33-21-13-8-17(16-22(21)34-2)14-15-29-24(18-6-4-3-5-7-18)23(26(31)27(29)32)25(30)19-9-11-20(28)12-10-19/h3-13,16,24,30H,14-15H2,1-2H3/t24-/m0/s1. The summed E-state index contributed by atoms with van der Waals surface area (Å²) < 4.78 is 24.0. The Kier molecular flexibility index (Phi) is 6.63. The predicted molar refractivity (Wildman–Crippen MR) is 125 cm³/mol. The van der Waals surface area contributed by atoms with Gasteiger partial charge in [-0.1, -0.05) is 36.4 Å². The van der Waals surface area contributed by atoms with E-state index in [0.29, 0.717) is 23.5 Å². The highest BCUT2D eigenvalue weighted by atomic mass is 19.1. The first-order valence-electron chi connectivity index (χ1n) is 10.7. The molecule has 1 saturated heterocycles. The second-order valence-electron chi connectivity index (χ2n) is 7.85. The molecule has 3 aromatic rings. The van der Waals surface area contributed by atoms with E-state index in [-0.39, 0.29) is 23.4 Å². The number of ketones is 1. The van der Waals surface area contributed by atoms with Gasteiger partial charge in [0.05, 0.1) is 25.8 Å². The lowest BCUT2D eigenvalue weighted by atomic mass is 9.95. The summed E-state index contributed by atoms with van der Waals surface area (Å²) in [6, 6.07) is 18.9. The highest BCUT2D eigenvalue weighted by Gasteiger charge is 2.45. The number of likely N-dealkylation sites (tertiary alicyclic amines) is 1. The van der Waals surface area contributed by atoms with Gasteiger partial charge in [0.25, 0.3) is 11.7 Å². The van der Waals surface area contributed by atoms with Gasteiger partial charge in [-0.25, -0.2) is 4.39 Å². The summed E-state index contributed by atoms with van der Waals surface area (Å²) in [4.78, 5) is 27.6. The average Bonchev–Trinajstić information content (AvgIpc) is 3.12. The third-order valence-electron chi connectivity index (χ3n) is 5.86. The summed E-state index contributed by atoms with van der Waals surface area (Å²) in [7, 11) is 3.10. The van der Waals surface area contributed by atoms with Gasteiger partial charge in [-0.2, -0.15) is 0 Å². The molecule has 0 spiro atoms. The Morgan fingerprint density at radius 1 is 0.941 bits per heavy atom. The number of carbonyl (C=O) groups excluding carboxylic acids is 2. The van der Waals surface area contributed by atoms with Gasteiger partial charge in [0, 0.05) is 12.1 Å². The molecule has 34 heavy (non-hydrogen) atoms. The second-order valence-corrected chi connectivity index (χ2v) is 7.85. The van der Waals surface area contributed by atoms with E-state index >= 15 is 0 Å². The summed E-state index contributed by atoms with van der Waals surface area (Å²) in [5.74, 6) is -1.11. The lowest BCUT2D eigenvalue weighted by Crippen LogP contribution is -2.31. The molecule has 0 saturated carbocycles. The first kappa shape index (κ1) is 23.0. The molecular weight excluding hydrogens is 437 g/mol. The van der Waals surface area contributed by atoms with Gasteiger partial charge in [-0.05, 0) is 53.9 Å². The quantitative estimate of drug-likeness (QED) is 0.318. The summed E-state index contributed by atoms with van der Waals surface area (Å²) in [6.45, 7) is 0.236. The average molecular weight is 461 g/mol. The van der Waals surface area contributed by atoms with Gasteiger partial charge in [-0.15, -0.1) is 0 Å². The van der Waals surface area contributed by atoms with Crippen molar-refractivity contribution < 1.29 is 28.6 Å². The van der Waals surface area contributed by atoms with Crippen molar-refractivity contribution in [2.24, 2.45) is 0 Å². The molecule has 1 fully saturated rings. The number of aliphatic hydroxyl groups excluding tert-OH is 1. The molecule has 1 heterocycles. The smallest absolute Gasteiger partial charge is 0.295 e. The Morgan fingerprint density at radius 3 is 2.26 bits per heavy atom. The number of hydrogen-bond donors (Lipinski definition) is 1. The van der Waals surface area contributed by atoms with Crippen molar-refractivity contribution in [3.8, 4) is 11.5 Å². The molecule has 0 aromatic heterocycles. The Bertz CT molecular complexity index is 1240. The number of carbonyl (C=O) groups is 2. The van der Waals surface area contributed by atoms with Crippen LogP contribution in [0.4, 0.5) is 4.39 Å². The molecule has 7 heteroatoms. The number of hydrogen-bond acceptors (Lipinski definition) is 5. The molecule has 0 radical (unpaired) electrons. The number of Topliss-reactive ketones (excluding diaryl/α,β-unsaturated/α-hetero) is 1. The molecule has 0 unspecified atom stereocenters. The van der Waals surface area contributed by atoms with Crippen LogP contribution in [-0.2, 0) is 16.0 Å². The van der Waals surface area contributed by atoms with Crippen LogP contribution in [0.2, 0.25) is 0 Å². The number of amides is 1.